The van der Waals surface area contributed by atoms with E-state index < -0.39 is 58.9 Å². The number of halogens is 1. The number of pyridine rings is 1. The maximum absolute atomic E-state index is 14.6. The highest BCUT2D eigenvalue weighted by molar-refractivity contribution is 9.10. The second-order valence-corrected chi connectivity index (χ2v) is 17.9. The number of methoxy groups -OCH3 is 1. The summed E-state index contributed by atoms with van der Waals surface area (Å²) in [5, 5.41) is 21.2. The van der Waals surface area contributed by atoms with E-state index in [1.165, 1.54) is 29.4 Å². The summed E-state index contributed by atoms with van der Waals surface area (Å²) in [5.74, 6) is -2.40. The number of nitrogens with one attached hydrogen (secondary N) is 3. The number of benzene rings is 1. The second kappa shape index (κ2) is 16.6. The topological polar surface area (TPSA) is 198 Å². The number of carboxylic acid groups (broad SMARTS) is 1. The van der Waals surface area contributed by atoms with Gasteiger partial charge in [-0.2, -0.15) is 0 Å². The first kappa shape index (κ1) is 41.9. The fourth-order valence-corrected chi connectivity index (χ4v) is 8.59. The third-order valence-corrected chi connectivity index (χ3v) is 12.2. The van der Waals surface area contributed by atoms with Crippen LogP contribution in [0.3, 0.4) is 0 Å². The summed E-state index contributed by atoms with van der Waals surface area (Å²) >= 11 is 4.87. The third-order valence-electron chi connectivity index (χ3n) is 10.7. The van der Waals surface area contributed by atoms with E-state index in [4.69, 9.17) is 19.2 Å². The molecule has 57 heavy (non-hydrogen) atoms. The number of rotatable bonds is 13. The SMILES string of the molecule is C=CC1CC1(NC(=O)C1CC(Oc2cc(-c3csc(NC(=O)C(C)C)n3)nc3c(Br)c(OC)ccc23)CN1C(=O)C(NC(=O)OC1CCCC1)C(C)(C)C)C(=O)O. The van der Waals surface area contributed by atoms with E-state index in [1.807, 2.05) is 0 Å². The van der Waals surface area contributed by atoms with Crippen molar-refractivity contribution in [1.82, 2.24) is 25.5 Å². The van der Waals surface area contributed by atoms with Crippen molar-refractivity contribution in [2.24, 2.45) is 17.3 Å². The second-order valence-electron chi connectivity index (χ2n) is 16.2. The lowest BCUT2D eigenvalue weighted by molar-refractivity contribution is -0.146. The number of aliphatic carboxylic acids is 1. The molecule has 3 aromatic rings. The van der Waals surface area contributed by atoms with Crippen molar-refractivity contribution < 1.29 is 43.3 Å². The van der Waals surface area contributed by atoms with Gasteiger partial charge in [0.2, 0.25) is 17.7 Å². The molecule has 4 amide bonds. The molecule has 15 nitrogen and oxygen atoms in total. The number of hydrogen-bond donors (Lipinski definition) is 4. The minimum absolute atomic E-state index is 0.00791. The van der Waals surface area contributed by atoms with Crippen LogP contribution in [0.15, 0.2) is 40.7 Å². The molecule has 2 saturated carbocycles. The first-order chi connectivity index (χ1) is 26.9. The molecule has 0 bridgehead atoms. The van der Waals surface area contributed by atoms with Gasteiger partial charge in [0.15, 0.2) is 5.13 Å². The summed E-state index contributed by atoms with van der Waals surface area (Å²) in [5.41, 5.74) is -0.945. The Kier molecular flexibility index (Phi) is 12.2. The number of alkyl carbamates (subject to hydrolysis) is 1. The molecule has 1 aromatic carbocycles. The van der Waals surface area contributed by atoms with Gasteiger partial charge in [0.25, 0.3) is 0 Å². The molecule has 306 valence electrons. The Balaban J connectivity index is 1.34. The van der Waals surface area contributed by atoms with E-state index in [2.05, 4.69) is 43.4 Å². The molecule has 5 unspecified atom stereocenters. The number of carboxylic acids is 1. The van der Waals surface area contributed by atoms with E-state index in [1.54, 1.807) is 58.2 Å². The third kappa shape index (κ3) is 8.88. The number of hydrogen-bond acceptors (Lipinski definition) is 11. The van der Waals surface area contributed by atoms with Crippen molar-refractivity contribution in [2.45, 2.75) is 103 Å². The van der Waals surface area contributed by atoms with Crippen LogP contribution < -0.4 is 25.4 Å². The van der Waals surface area contributed by atoms with Gasteiger partial charge < -0.3 is 40.2 Å². The molecular weight excluding hydrogens is 820 g/mol. The average Bonchev–Trinajstić information content (AvgIpc) is 3.57. The van der Waals surface area contributed by atoms with Gasteiger partial charge in [-0.1, -0.05) is 40.7 Å². The van der Waals surface area contributed by atoms with Gasteiger partial charge >= 0.3 is 12.1 Å². The van der Waals surface area contributed by atoms with E-state index >= 15 is 0 Å². The molecule has 2 aliphatic carbocycles. The van der Waals surface area contributed by atoms with Crippen LogP contribution in [0.5, 0.6) is 11.5 Å². The van der Waals surface area contributed by atoms with Crippen molar-refractivity contribution >= 4 is 73.1 Å². The lowest BCUT2D eigenvalue weighted by atomic mass is 9.85. The Morgan fingerprint density at radius 1 is 1.09 bits per heavy atom. The Bertz CT molecular complexity index is 2080. The molecule has 0 spiro atoms. The smallest absolute Gasteiger partial charge is 0.408 e. The van der Waals surface area contributed by atoms with Crippen molar-refractivity contribution in [3.05, 3.63) is 40.7 Å². The van der Waals surface area contributed by atoms with E-state index in [0.29, 0.717) is 43.4 Å². The maximum atomic E-state index is 14.6. The highest BCUT2D eigenvalue weighted by atomic mass is 79.9. The number of aromatic nitrogens is 2. The predicted molar refractivity (Wildman–Crippen MR) is 217 cm³/mol. The number of thiazole rings is 1. The normalized spacial score (nSPS) is 22.5. The fourth-order valence-electron chi connectivity index (χ4n) is 7.29. The van der Waals surface area contributed by atoms with E-state index in [-0.39, 0.29) is 37.3 Å². The van der Waals surface area contributed by atoms with Crippen LogP contribution in [-0.2, 0) is 23.9 Å². The van der Waals surface area contributed by atoms with Gasteiger partial charge in [0, 0.05) is 35.1 Å². The quantitative estimate of drug-likeness (QED) is 0.141. The summed E-state index contributed by atoms with van der Waals surface area (Å²) in [6.07, 6.45) is 3.37. The van der Waals surface area contributed by atoms with Crippen molar-refractivity contribution in [1.29, 1.82) is 0 Å². The number of carbonyl (C=O) groups excluding carboxylic acids is 4. The zero-order chi connectivity index (χ0) is 41.4. The molecule has 1 saturated heterocycles. The molecule has 6 rings (SSSR count). The number of ether oxygens (including phenoxy) is 3. The number of amides is 4. The average molecular weight is 870 g/mol. The van der Waals surface area contributed by atoms with Crippen LogP contribution in [0.1, 0.15) is 73.1 Å². The van der Waals surface area contributed by atoms with Crippen molar-refractivity contribution in [3.63, 3.8) is 0 Å². The largest absolute Gasteiger partial charge is 0.495 e. The lowest BCUT2D eigenvalue weighted by Gasteiger charge is -2.35. The van der Waals surface area contributed by atoms with Crippen LogP contribution in [0.2, 0.25) is 0 Å². The van der Waals surface area contributed by atoms with Gasteiger partial charge in [-0.25, -0.2) is 19.6 Å². The summed E-state index contributed by atoms with van der Waals surface area (Å²) in [7, 11) is 1.54. The van der Waals surface area contributed by atoms with Crippen molar-refractivity contribution in [2.75, 3.05) is 19.0 Å². The molecule has 3 fully saturated rings. The van der Waals surface area contributed by atoms with Crippen molar-refractivity contribution in [3.8, 4) is 22.9 Å². The summed E-state index contributed by atoms with van der Waals surface area (Å²) in [4.78, 5) is 77.5. The predicted octanol–water partition coefficient (Wildman–Crippen LogP) is 6.30. The molecule has 3 aliphatic rings. The Morgan fingerprint density at radius 3 is 2.42 bits per heavy atom. The zero-order valence-corrected chi connectivity index (χ0v) is 35.3. The lowest BCUT2D eigenvalue weighted by Crippen LogP contribution is -2.59. The Labute approximate surface area is 343 Å². The van der Waals surface area contributed by atoms with Crippen LogP contribution in [-0.4, -0.2) is 93.2 Å². The molecule has 1 aliphatic heterocycles. The minimum atomic E-state index is -1.54. The van der Waals surface area contributed by atoms with Gasteiger partial charge in [0.05, 0.1) is 29.3 Å². The number of likely N-dealkylation sites (tertiary alicyclic amines) is 1. The van der Waals surface area contributed by atoms with Crippen LogP contribution in [0.25, 0.3) is 22.3 Å². The molecule has 0 radical (unpaired) electrons. The fraction of sp³-hybridized carbons (Fsp3) is 0.525. The van der Waals surface area contributed by atoms with Gasteiger partial charge in [-0.05, 0) is 65.6 Å². The van der Waals surface area contributed by atoms with E-state index in [0.717, 1.165) is 25.7 Å². The van der Waals surface area contributed by atoms with Gasteiger partial charge in [-0.3, -0.25) is 14.4 Å². The van der Waals surface area contributed by atoms with Gasteiger partial charge in [0.1, 0.15) is 47.0 Å². The summed E-state index contributed by atoms with van der Waals surface area (Å²) < 4.78 is 18.5. The molecular formula is C40H49BrN6O9S. The van der Waals surface area contributed by atoms with E-state index in [9.17, 15) is 29.1 Å². The maximum Gasteiger partial charge on any atom is 0.408 e. The van der Waals surface area contributed by atoms with Crippen LogP contribution in [0, 0.1) is 17.3 Å². The number of carbonyl (C=O) groups is 5. The monoisotopic (exact) mass is 868 g/mol. The number of anilines is 1. The molecule has 17 heteroatoms. The standard InChI is InChI=1S/C40H49BrN6O9S/c1-8-21-17-40(21,36(51)52)46-34(49)27-15-23(18-47(27)35(50)32(39(4,5)6)44-38(53)56-22-11-9-10-12-22)55-29-16-25(26-19-57-37(43-26)45-33(48)20(2)3)42-31-24(29)13-14-28(54-7)30(31)41/h8,13-14,16,19-23,27,32H,1,9-12,15,17-18H2,2-7H3,(H,44,53)(H,46,49)(H,51,52)(H,43,45,48). The summed E-state index contributed by atoms with van der Waals surface area (Å²) in [6, 6.07) is 3.01. The Morgan fingerprint density at radius 2 is 1.81 bits per heavy atom. The molecule has 4 N–H and O–H groups in total. The van der Waals surface area contributed by atoms with Crippen LogP contribution >= 0.6 is 27.3 Å². The first-order valence-electron chi connectivity index (χ1n) is 19.0. The summed E-state index contributed by atoms with van der Waals surface area (Å²) in [6.45, 7) is 12.6. The first-order valence-corrected chi connectivity index (χ1v) is 20.7. The van der Waals surface area contributed by atoms with Crippen LogP contribution in [0.4, 0.5) is 9.93 Å². The highest BCUT2D eigenvalue weighted by Crippen LogP contribution is 2.45. The zero-order valence-electron chi connectivity index (χ0n) is 32.8. The molecule has 2 aromatic heterocycles. The number of nitrogens with zero attached hydrogens (tertiary/aromatic N) is 3. The van der Waals surface area contributed by atoms with Gasteiger partial charge in [-0.15, -0.1) is 17.9 Å². The molecule has 3 heterocycles. The number of fused-ring (bicyclic) bond motifs is 1. The highest BCUT2D eigenvalue weighted by Gasteiger charge is 2.61. The molecule has 5 atom stereocenters. The minimum Gasteiger partial charge on any atom is -0.495 e. The Hall–Kier alpha value is -4.77.